The van der Waals surface area contributed by atoms with Crippen molar-refractivity contribution >= 4 is 15.9 Å². The normalized spacial score (nSPS) is 18.7. The van der Waals surface area contributed by atoms with Crippen LogP contribution in [0.25, 0.3) is 0 Å². The maximum atomic E-state index is 6.15. The topological polar surface area (TPSA) is 26.0 Å². The highest BCUT2D eigenvalue weighted by Crippen LogP contribution is 2.41. The molecule has 0 saturated heterocycles. The van der Waals surface area contributed by atoms with Crippen LogP contribution in [0.1, 0.15) is 30.0 Å². The quantitative estimate of drug-likeness (QED) is 0.844. The van der Waals surface area contributed by atoms with Gasteiger partial charge in [-0.3, -0.25) is 0 Å². The van der Waals surface area contributed by atoms with Crippen LogP contribution in [0.5, 0.6) is 0 Å². The Balaban J connectivity index is 2.32. The van der Waals surface area contributed by atoms with Crippen molar-refractivity contribution in [1.82, 2.24) is 0 Å². The van der Waals surface area contributed by atoms with Crippen LogP contribution < -0.4 is 5.73 Å². The van der Waals surface area contributed by atoms with E-state index in [-0.39, 0.29) is 6.04 Å². The summed E-state index contributed by atoms with van der Waals surface area (Å²) >= 11 is 3.53. The molecule has 1 aliphatic rings. The second-order valence-corrected chi connectivity index (χ2v) is 4.67. The molecule has 1 saturated carbocycles. The predicted molar refractivity (Wildman–Crippen MR) is 58.5 cm³/mol. The molecule has 1 fully saturated rings. The molecule has 70 valence electrons. The van der Waals surface area contributed by atoms with Crippen LogP contribution in [-0.2, 0) is 0 Å². The Morgan fingerprint density at radius 1 is 1.46 bits per heavy atom. The molecule has 1 aromatic rings. The van der Waals surface area contributed by atoms with E-state index in [2.05, 4.69) is 41.1 Å². The van der Waals surface area contributed by atoms with Gasteiger partial charge < -0.3 is 5.73 Å². The fourth-order valence-corrected chi connectivity index (χ4v) is 2.08. The first kappa shape index (κ1) is 9.22. The summed E-state index contributed by atoms with van der Waals surface area (Å²) in [5, 5.41) is 0. The Morgan fingerprint density at radius 2 is 2.15 bits per heavy atom. The molecular weight excluding hydrogens is 226 g/mol. The lowest BCUT2D eigenvalue weighted by Crippen LogP contribution is -2.13. The van der Waals surface area contributed by atoms with Crippen molar-refractivity contribution in [3.63, 3.8) is 0 Å². The van der Waals surface area contributed by atoms with Gasteiger partial charge in [-0.25, -0.2) is 0 Å². The summed E-state index contributed by atoms with van der Waals surface area (Å²) in [6, 6.07) is 6.52. The fraction of sp³-hybridized carbons (Fsp3) is 0.455. The van der Waals surface area contributed by atoms with E-state index in [0.717, 1.165) is 5.92 Å². The van der Waals surface area contributed by atoms with Crippen molar-refractivity contribution in [2.45, 2.75) is 25.8 Å². The second-order valence-electron chi connectivity index (χ2n) is 3.82. The molecule has 2 N–H and O–H groups in total. The molecular formula is C11H14BrN. The number of hydrogen-bond donors (Lipinski definition) is 1. The van der Waals surface area contributed by atoms with Crippen LogP contribution in [-0.4, -0.2) is 0 Å². The second kappa shape index (κ2) is 3.43. The molecule has 1 atom stereocenters. The molecule has 0 radical (unpaired) electrons. The highest BCUT2D eigenvalue weighted by molar-refractivity contribution is 9.10. The Morgan fingerprint density at radius 3 is 2.77 bits per heavy atom. The summed E-state index contributed by atoms with van der Waals surface area (Å²) in [4.78, 5) is 0. The minimum Gasteiger partial charge on any atom is -0.324 e. The minimum absolute atomic E-state index is 0.248. The zero-order chi connectivity index (χ0) is 9.42. The highest BCUT2D eigenvalue weighted by Gasteiger charge is 2.30. The summed E-state index contributed by atoms with van der Waals surface area (Å²) in [6.45, 7) is 2.13. The van der Waals surface area contributed by atoms with Gasteiger partial charge in [0.25, 0.3) is 0 Å². The van der Waals surface area contributed by atoms with Gasteiger partial charge in [0.1, 0.15) is 0 Å². The van der Waals surface area contributed by atoms with Crippen LogP contribution in [0.3, 0.4) is 0 Å². The lowest BCUT2D eigenvalue weighted by atomic mass is 9.99. The smallest absolute Gasteiger partial charge is 0.0326 e. The Bertz CT molecular complexity index is 318. The number of nitrogens with two attached hydrogens (primary N) is 1. The van der Waals surface area contributed by atoms with Crippen LogP contribution in [0.15, 0.2) is 22.7 Å². The molecule has 1 unspecified atom stereocenters. The van der Waals surface area contributed by atoms with E-state index in [9.17, 15) is 0 Å². The van der Waals surface area contributed by atoms with Gasteiger partial charge in [-0.2, -0.15) is 0 Å². The minimum atomic E-state index is 0.248. The summed E-state index contributed by atoms with van der Waals surface area (Å²) in [5.41, 5.74) is 8.75. The van der Waals surface area contributed by atoms with Gasteiger partial charge in [0, 0.05) is 10.5 Å². The van der Waals surface area contributed by atoms with Crippen molar-refractivity contribution in [1.29, 1.82) is 0 Å². The van der Waals surface area contributed by atoms with Gasteiger partial charge >= 0.3 is 0 Å². The van der Waals surface area contributed by atoms with Crippen LogP contribution >= 0.6 is 15.9 Å². The molecule has 13 heavy (non-hydrogen) atoms. The van der Waals surface area contributed by atoms with E-state index in [4.69, 9.17) is 5.73 Å². The summed E-state index contributed by atoms with van der Waals surface area (Å²) in [5.74, 6) is 0.730. The van der Waals surface area contributed by atoms with E-state index < -0.39 is 0 Å². The average Bonchev–Trinajstić information content (AvgIpc) is 2.91. The first-order valence-corrected chi connectivity index (χ1v) is 5.50. The molecule has 0 spiro atoms. The molecule has 1 aliphatic carbocycles. The Hall–Kier alpha value is -0.340. The van der Waals surface area contributed by atoms with Crippen LogP contribution in [0.2, 0.25) is 0 Å². The standard InChI is InChI=1S/C11H14BrN/c1-7-9(3-2-4-10(7)12)11(13)8-5-6-8/h2-4,8,11H,5-6,13H2,1H3. The van der Waals surface area contributed by atoms with E-state index in [0.29, 0.717) is 0 Å². The Kier molecular flexibility index (Phi) is 2.43. The predicted octanol–water partition coefficient (Wildman–Crippen LogP) is 3.17. The van der Waals surface area contributed by atoms with Gasteiger partial charge in [-0.05, 0) is 42.9 Å². The molecule has 0 heterocycles. The van der Waals surface area contributed by atoms with Crippen LogP contribution in [0, 0.1) is 12.8 Å². The van der Waals surface area contributed by atoms with Crippen molar-refractivity contribution in [3.05, 3.63) is 33.8 Å². The first-order chi connectivity index (χ1) is 6.20. The number of benzene rings is 1. The molecule has 2 rings (SSSR count). The largest absolute Gasteiger partial charge is 0.324 e. The van der Waals surface area contributed by atoms with Crippen molar-refractivity contribution in [2.24, 2.45) is 11.7 Å². The Labute approximate surface area is 87.5 Å². The zero-order valence-corrected chi connectivity index (χ0v) is 9.34. The van der Waals surface area contributed by atoms with Crippen molar-refractivity contribution < 1.29 is 0 Å². The lowest BCUT2D eigenvalue weighted by Gasteiger charge is -2.14. The van der Waals surface area contributed by atoms with E-state index in [1.54, 1.807) is 0 Å². The van der Waals surface area contributed by atoms with Crippen LogP contribution in [0.4, 0.5) is 0 Å². The third-order valence-corrected chi connectivity index (χ3v) is 3.66. The molecule has 0 aliphatic heterocycles. The van der Waals surface area contributed by atoms with E-state index in [1.165, 1.54) is 28.4 Å². The highest BCUT2D eigenvalue weighted by atomic mass is 79.9. The fourth-order valence-electron chi connectivity index (χ4n) is 1.69. The number of rotatable bonds is 2. The molecule has 0 aromatic heterocycles. The number of hydrogen-bond acceptors (Lipinski definition) is 1. The molecule has 2 heteroatoms. The van der Waals surface area contributed by atoms with Crippen molar-refractivity contribution in [3.8, 4) is 0 Å². The first-order valence-electron chi connectivity index (χ1n) is 4.70. The van der Waals surface area contributed by atoms with Gasteiger partial charge in [0.2, 0.25) is 0 Å². The summed E-state index contributed by atoms with van der Waals surface area (Å²) < 4.78 is 1.17. The molecule has 1 aromatic carbocycles. The van der Waals surface area contributed by atoms with Gasteiger partial charge in [0.05, 0.1) is 0 Å². The zero-order valence-electron chi connectivity index (χ0n) is 7.76. The maximum Gasteiger partial charge on any atom is 0.0326 e. The molecule has 0 amide bonds. The van der Waals surface area contributed by atoms with E-state index >= 15 is 0 Å². The summed E-state index contributed by atoms with van der Waals surface area (Å²) in [6.07, 6.45) is 2.60. The molecule has 1 nitrogen and oxygen atoms in total. The third-order valence-electron chi connectivity index (χ3n) is 2.80. The number of halogens is 1. The monoisotopic (exact) mass is 239 g/mol. The van der Waals surface area contributed by atoms with Gasteiger partial charge in [0.15, 0.2) is 0 Å². The average molecular weight is 240 g/mol. The third kappa shape index (κ3) is 1.79. The molecule has 0 bridgehead atoms. The maximum absolute atomic E-state index is 6.15. The van der Waals surface area contributed by atoms with Gasteiger partial charge in [-0.1, -0.05) is 28.1 Å². The van der Waals surface area contributed by atoms with Crippen molar-refractivity contribution in [2.75, 3.05) is 0 Å². The lowest BCUT2D eigenvalue weighted by molar-refractivity contribution is 0.629. The van der Waals surface area contributed by atoms with Gasteiger partial charge in [-0.15, -0.1) is 0 Å². The summed E-state index contributed by atoms with van der Waals surface area (Å²) in [7, 11) is 0. The van der Waals surface area contributed by atoms with E-state index in [1.807, 2.05) is 0 Å². The SMILES string of the molecule is Cc1c(Br)cccc1C(N)C1CC1.